The van der Waals surface area contributed by atoms with E-state index in [1.165, 1.54) is 0 Å². The van der Waals surface area contributed by atoms with Gasteiger partial charge in [-0.25, -0.2) is 0 Å². The van der Waals surface area contributed by atoms with Gasteiger partial charge in [-0.3, -0.25) is 0 Å². The van der Waals surface area contributed by atoms with Crippen LogP contribution >= 0.6 is 0 Å². The summed E-state index contributed by atoms with van der Waals surface area (Å²) in [5.74, 6) is 0.889. The second-order valence-electron chi connectivity index (χ2n) is 4.03. The molecule has 0 radical (unpaired) electrons. The van der Waals surface area contributed by atoms with Gasteiger partial charge in [0, 0.05) is 17.2 Å². The second kappa shape index (κ2) is 4.01. The Morgan fingerprint density at radius 1 is 1.06 bits per heavy atom. The van der Waals surface area contributed by atoms with E-state index in [1.807, 2.05) is 60.2 Å². The Hall–Kier alpha value is -2.16. The molecule has 1 aliphatic heterocycles. The molecule has 84 valence electrons. The first kappa shape index (κ1) is 10.0. The molecule has 2 aromatic carbocycles. The van der Waals surface area contributed by atoms with Crippen LogP contribution in [0.25, 0.3) is 0 Å². The summed E-state index contributed by atoms with van der Waals surface area (Å²) < 4.78 is 7.62. The molecule has 3 rings (SSSR count). The van der Waals surface area contributed by atoms with Gasteiger partial charge in [-0.2, -0.15) is 0 Å². The van der Waals surface area contributed by atoms with Gasteiger partial charge in [-0.1, -0.05) is 30.3 Å². The number of para-hydroxylation sites is 2. The molecule has 0 aliphatic carbocycles. The van der Waals surface area contributed by atoms with Crippen LogP contribution in [0.3, 0.4) is 0 Å². The van der Waals surface area contributed by atoms with Crippen LogP contribution in [0.1, 0.15) is 5.56 Å². The Kier molecular flexibility index (Phi) is 2.37. The Labute approximate surface area is 100.0 Å². The van der Waals surface area contributed by atoms with Gasteiger partial charge in [0.2, 0.25) is 5.69 Å². The summed E-state index contributed by atoms with van der Waals surface area (Å²) in [6, 6.07) is 16.0. The number of azo groups is 2. The van der Waals surface area contributed by atoms with E-state index in [2.05, 4.69) is 5.11 Å². The van der Waals surface area contributed by atoms with Crippen molar-refractivity contribution in [1.82, 2.24) is 0 Å². The third kappa shape index (κ3) is 1.80. The summed E-state index contributed by atoms with van der Waals surface area (Å²) in [7, 11) is 0. The summed E-state index contributed by atoms with van der Waals surface area (Å²) in [4.78, 5) is 0. The molecule has 1 aliphatic rings. The third-order valence-electron chi connectivity index (χ3n) is 2.80. The fraction of sp³-hybridized carbons (Fsp3) is 0.143. The van der Waals surface area contributed by atoms with Crippen LogP contribution in [0, 0.1) is 6.92 Å². The average molecular weight is 225 g/mol. The standard InChI is InChI=1S/C14H13N2O/c1-11-6-5-9-13-14(11)17-10-16(15-13)12-7-3-2-4-8-12/h2-9H,10H2,1H3/q+1. The van der Waals surface area contributed by atoms with Crippen molar-refractivity contribution in [2.45, 2.75) is 6.92 Å². The first-order valence-electron chi connectivity index (χ1n) is 5.61. The minimum absolute atomic E-state index is 0.460. The van der Waals surface area contributed by atoms with Crippen LogP contribution in [0.2, 0.25) is 0 Å². The van der Waals surface area contributed by atoms with E-state index in [4.69, 9.17) is 4.74 Å². The number of nitrogens with zero attached hydrogens (tertiary/aromatic N) is 2. The van der Waals surface area contributed by atoms with E-state index in [-0.39, 0.29) is 0 Å². The minimum atomic E-state index is 0.460. The van der Waals surface area contributed by atoms with Gasteiger partial charge < -0.3 is 4.74 Å². The van der Waals surface area contributed by atoms with Crippen molar-refractivity contribution < 1.29 is 9.43 Å². The summed E-state index contributed by atoms with van der Waals surface area (Å²) >= 11 is 0. The number of fused-ring (bicyclic) bond motifs is 1. The van der Waals surface area contributed by atoms with E-state index >= 15 is 0 Å². The van der Waals surface area contributed by atoms with Gasteiger partial charge in [0.15, 0.2) is 11.4 Å². The van der Waals surface area contributed by atoms with Crippen LogP contribution < -0.4 is 4.74 Å². The SMILES string of the molecule is Cc1cccc2c1OC[N+](c1ccccc1)=N2. The highest BCUT2D eigenvalue weighted by Crippen LogP contribution is 2.34. The van der Waals surface area contributed by atoms with E-state index in [1.54, 1.807) is 0 Å². The van der Waals surface area contributed by atoms with Gasteiger partial charge in [0.05, 0.1) is 0 Å². The molecule has 0 amide bonds. The van der Waals surface area contributed by atoms with Crippen molar-refractivity contribution in [3.63, 3.8) is 0 Å². The molecule has 1 heterocycles. The molecule has 0 aromatic heterocycles. The first-order chi connectivity index (χ1) is 8.34. The zero-order chi connectivity index (χ0) is 11.7. The van der Waals surface area contributed by atoms with Crippen molar-refractivity contribution in [3.8, 4) is 5.75 Å². The molecule has 2 aromatic rings. The highest BCUT2D eigenvalue weighted by Gasteiger charge is 2.21. The Morgan fingerprint density at radius 3 is 2.71 bits per heavy atom. The molecule has 0 atom stereocenters. The second-order valence-corrected chi connectivity index (χ2v) is 4.03. The number of rotatable bonds is 1. The van der Waals surface area contributed by atoms with Crippen LogP contribution in [-0.4, -0.2) is 11.4 Å². The monoisotopic (exact) mass is 225 g/mol. The molecule has 0 N–H and O–H groups in total. The fourth-order valence-electron chi connectivity index (χ4n) is 1.92. The molecule has 0 fully saturated rings. The summed E-state index contributed by atoms with van der Waals surface area (Å²) in [5, 5.41) is 4.58. The van der Waals surface area contributed by atoms with Gasteiger partial charge >= 0.3 is 6.73 Å². The Balaban J connectivity index is 2.07. The van der Waals surface area contributed by atoms with E-state index < -0.39 is 0 Å². The summed E-state index contributed by atoms with van der Waals surface area (Å²) in [6.45, 7) is 2.49. The van der Waals surface area contributed by atoms with Crippen LogP contribution in [-0.2, 0) is 0 Å². The lowest BCUT2D eigenvalue weighted by Gasteiger charge is -2.12. The van der Waals surface area contributed by atoms with Crippen molar-refractivity contribution in [2.75, 3.05) is 6.73 Å². The smallest absolute Gasteiger partial charge is 0.317 e. The number of benzene rings is 2. The van der Waals surface area contributed by atoms with E-state index in [9.17, 15) is 0 Å². The molecule has 0 spiro atoms. The normalized spacial score (nSPS) is 13.6. The molecule has 0 bridgehead atoms. The quantitative estimate of drug-likeness (QED) is 0.678. The molecule has 3 heteroatoms. The van der Waals surface area contributed by atoms with Crippen LogP contribution in [0.4, 0.5) is 11.4 Å². The predicted molar refractivity (Wildman–Crippen MR) is 65.1 cm³/mol. The largest absolute Gasteiger partial charge is 0.431 e. The minimum Gasteiger partial charge on any atom is -0.431 e. The Morgan fingerprint density at radius 2 is 1.88 bits per heavy atom. The lowest BCUT2D eigenvalue weighted by molar-refractivity contribution is -0.544. The zero-order valence-electron chi connectivity index (χ0n) is 9.63. The zero-order valence-corrected chi connectivity index (χ0v) is 9.63. The highest BCUT2D eigenvalue weighted by atomic mass is 16.5. The highest BCUT2D eigenvalue weighted by molar-refractivity contribution is 5.55. The molecular formula is C14H13N2O+. The molecule has 0 saturated heterocycles. The van der Waals surface area contributed by atoms with E-state index in [0.717, 1.165) is 22.7 Å². The van der Waals surface area contributed by atoms with Crippen LogP contribution in [0.5, 0.6) is 5.75 Å². The van der Waals surface area contributed by atoms with Crippen LogP contribution in [0.15, 0.2) is 53.6 Å². The third-order valence-corrected chi connectivity index (χ3v) is 2.80. The predicted octanol–water partition coefficient (Wildman–Crippen LogP) is 3.77. The van der Waals surface area contributed by atoms with Gasteiger partial charge in [0.1, 0.15) is 0 Å². The van der Waals surface area contributed by atoms with Gasteiger partial charge in [-0.15, -0.1) is 0 Å². The first-order valence-corrected chi connectivity index (χ1v) is 5.61. The molecule has 17 heavy (non-hydrogen) atoms. The molecule has 0 saturated carbocycles. The molecule has 0 unspecified atom stereocenters. The van der Waals surface area contributed by atoms with E-state index in [0.29, 0.717) is 6.73 Å². The van der Waals surface area contributed by atoms with Crippen molar-refractivity contribution in [3.05, 3.63) is 54.1 Å². The number of hydrogen-bond donors (Lipinski definition) is 0. The molecule has 3 nitrogen and oxygen atoms in total. The summed E-state index contributed by atoms with van der Waals surface area (Å²) in [5.41, 5.74) is 3.05. The lowest BCUT2D eigenvalue weighted by Crippen LogP contribution is -2.15. The van der Waals surface area contributed by atoms with Crippen molar-refractivity contribution >= 4 is 11.4 Å². The fourth-order valence-corrected chi connectivity index (χ4v) is 1.92. The maximum atomic E-state index is 5.75. The van der Waals surface area contributed by atoms with Crippen molar-refractivity contribution in [2.24, 2.45) is 5.11 Å². The number of aryl methyl sites for hydroxylation is 1. The molecular weight excluding hydrogens is 212 g/mol. The maximum Gasteiger partial charge on any atom is 0.317 e. The summed E-state index contributed by atoms with van der Waals surface area (Å²) in [6.07, 6.45) is 0. The lowest BCUT2D eigenvalue weighted by atomic mass is 10.2. The van der Waals surface area contributed by atoms with Gasteiger partial charge in [-0.05, 0) is 23.3 Å². The van der Waals surface area contributed by atoms with Crippen molar-refractivity contribution in [1.29, 1.82) is 0 Å². The van der Waals surface area contributed by atoms with Gasteiger partial charge in [0.25, 0.3) is 0 Å². The maximum absolute atomic E-state index is 5.75. The Bertz CT molecular complexity index is 576. The average Bonchev–Trinajstić information content (AvgIpc) is 2.40. The number of ether oxygens (including phenoxy) is 1. The number of hydrogen-bond acceptors (Lipinski definition) is 2. The topological polar surface area (TPSA) is 24.6 Å².